The maximum atomic E-state index is 12.9. The van der Waals surface area contributed by atoms with Gasteiger partial charge in [0.2, 0.25) is 5.03 Å². The minimum Gasteiger partial charge on any atom is -0.306 e. The minimum absolute atomic E-state index is 0.0835. The zero-order chi connectivity index (χ0) is 14.9. The molecule has 2 rings (SSSR count). The number of nitrogens with zero attached hydrogens (tertiary/aromatic N) is 3. The zero-order valence-corrected chi connectivity index (χ0v) is 13.3. The Kier molecular flexibility index (Phi) is 4.33. The highest BCUT2D eigenvalue weighted by atomic mass is 32.2. The largest absolute Gasteiger partial charge is 0.306 e. The van der Waals surface area contributed by atoms with E-state index in [0.29, 0.717) is 11.5 Å². The van der Waals surface area contributed by atoms with Gasteiger partial charge in [0.05, 0.1) is 0 Å². The molecule has 0 aliphatic heterocycles. The SMILES string of the molecule is CCC(C)N(CC)S(=O)(=O)c1c(NN)nc2sccn12. The van der Waals surface area contributed by atoms with Crippen LogP contribution in [0.3, 0.4) is 0 Å². The molecule has 112 valence electrons. The van der Waals surface area contributed by atoms with E-state index in [1.54, 1.807) is 16.0 Å². The molecule has 2 aromatic rings. The van der Waals surface area contributed by atoms with Crippen LogP contribution in [0, 0.1) is 0 Å². The maximum absolute atomic E-state index is 12.9. The topological polar surface area (TPSA) is 92.7 Å². The number of sulfonamides is 1. The number of thiazole rings is 1. The number of imidazole rings is 1. The van der Waals surface area contributed by atoms with Crippen LogP contribution in [0.2, 0.25) is 0 Å². The third-order valence-electron chi connectivity index (χ3n) is 3.30. The van der Waals surface area contributed by atoms with E-state index >= 15 is 0 Å². The summed E-state index contributed by atoms with van der Waals surface area (Å²) >= 11 is 1.36. The maximum Gasteiger partial charge on any atom is 0.263 e. The van der Waals surface area contributed by atoms with Gasteiger partial charge in [0.1, 0.15) is 0 Å². The summed E-state index contributed by atoms with van der Waals surface area (Å²) in [6, 6.07) is -0.0835. The van der Waals surface area contributed by atoms with Gasteiger partial charge in [-0.25, -0.2) is 14.3 Å². The molecule has 0 aliphatic rings. The third kappa shape index (κ3) is 2.30. The predicted octanol–water partition coefficient (Wildman–Crippen LogP) is 1.49. The molecule has 0 radical (unpaired) electrons. The summed E-state index contributed by atoms with van der Waals surface area (Å²) in [5.74, 6) is 5.60. The van der Waals surface area contributed by atoms with Gasteiger partial charge in [-0.1, -0.05) is 13.8 Å². The lowest BCUT2D eigenvalue weighted by atomic mass is 10.3. The smallest absolute Gasteiger partial charge is 0.263 e. The van der Waals surface area contributed by atoms with Gasteiger partial charge >= 0.3 is 0 Å². The van der Waals surface area contributed by atoms with E-state index in [1.165, 1.54) is 15.6 Å². The van der Waals surface area contributed by atoms with E-state index in [-0.39, 0.29) is 16.9 Å². The Balaban J connectivity index is 2.63. The van der Waals surface area contributed by atoms with Crippen molar-refractivity contribution in [2.45, 2.75) is 38.3 Å². The van der Waals surface area contributed by atoms with Crippen molar-refractivity contribution in [3.63, 3.8) is 0 Å². The molecule has 0 aliphatic carbocycles. The Bertz CT molecular complexity index is 691. The van der Waals surface area contributed by atoms with Gasteiger partial charge < -0.3 is 5.43 Å². The fraction of sp³-hybridized carbons (Fsp3) is 0.545. The van der Waals surface area contributed by atoms with Crippen LogP contribution in [-0.4, -0.2) is 34.7 Å². The van der Waals surface area contributed by atoms with Crippen molar-refractivity contribution in [1.82, 2.24) is 13.7 Å². The fourth-order valence-corrected chi connectivity index (χ4v) is 4.84. The Labute approximate surface area is 122 Å². The molecule has 7 nitrogen and oxygen atoms in total. The van der Waals surface area contributed by atoms with Crippen molar-refractivity contribution in [2.75, 3.05) is 12.0 Å². The van der Waals surface area contributed by atoms with Crippen LogP contribution in [0.25, 0.3) is 4.96 Å². The van der Waals surface area contributed by atoms with Crippen molar-refractivity contribution >= 4 is 32.1 Å². The quantitative estimate of drug-likeness (QED) is 0.622. The summed E-state index contributed by atoms with van der Waals surface area (Å²) in [6.07, 6.45) is 2.43. The van der Waals surface area contributed by atoms with Crippen molar-refractivity contribution < 1.29 is 8.42 Å². The molecule has 0 aromatic carbocycles. The van der Waals surface area contributed by atoms with Gasteiger partial charge in [0, 0.05) is 24.2 Å². The number of nitrogens with one attached hydrogen (secondary N) is 1. The minimum atomic E-state index is -3.66. The first kappa shape index (κ1) is 15.2. The molecule has 0 saturated carbocycles. The highest BCUT2D eigenvalue weighted by Gasteiger charge is 2.33. The number of hydrogen-bond acceptors (Lipinski definition) is 6. The van der Waals surface area contributed by atoms with E-state index in [2.05, 4.69) is 10.4 Å². The van der Waals surface area contributed by atoms with Crippen molar-refractivity contribution in [3.05, 3.63) is 11.6 Å². The molecule has 0 fully saturated rings. The van der Waals surface area contributed by atoms with Gasteiger partial charge in [-0.15, -0.1) is 11.3 Å². The highest BCUT2D eigenvalue weighted by Crippen LogP contribution is 2.28. The van der Waals surface area contributed by atoms with Gasteiger partial charge in [-0.2, -0.15) is 9.29 Å². The second-order valence-corrected chi connectivity index (χ2v) is 7.11. The van der Waals surface area contributed by atoms with Gasteiger partial charge in [-0.3, -0.25) is 4.40 Å². The Morgan fingerprint density at radius 1 is 1.55 bits per heavy atom. The molecule has 0 amide bonds. The normalized spacial score (nSPS) is 14.1. The fourth-order valence-electron chi connectivity index (χ4n) is 2.14. The molecule has 0 spiro atoms. The van der Waals surface area contributed by atoms with Gasteiger partial charge in [-0.05, 0) is 13.3 Å². The molecule has 2 heterocycles. The summed E-state index contributed by atoms with van der Waals surface area (Å²) in [5.41, 5.74) is 2.38. The number of rotatable bonds is 6. The van der Waals surface area contributed by atoms with E-state index in [4.69, 9.17) is 5.84 Å². The van der Waals surface area contributed by atoms with E-state index in [1.807, 2.05) is 20.8 Å². The average Bonchev–Trinajstić information content (AvgIpc) is 2.97. The number of fused-ring (bicyclic) bond motifs is 1. The number of aromatic nitrogens is 2. The predicted molar refractivity (Wildman–Crippen MR) is 80.2 cm³/mol. The lowest BCUT2D eigenvalue weighted by Crippen LogP contribution is -2.39. The molecule has 0 bridgehead atoms. The van der Waals surface area contributed by atoms with Crippen LogP contribution >= 0.6 is 11.3 Å². The van der Waals surface area contributed by atoms with Crippen molar-refractivity contribution in [2.24, 2.45) is 5.84 Å². The number of nitrogen functional groups attached to an aromatic ring is 1. The summed E-state index contributed by atoms with van der Waals surface area (Å²) < 4.78 is 28.8. The number of hydrazine groups is 1. The number of hydrogen-bond donors (Lipinski definition) is 2. The summed E-state index contributed by atoms with van der Waals surface area (Å²) in [4.78, 5) is 4.79. The van der Waals surface area contributed by atoms with Crippen LogP contribution in [-0.2, 0) is 10.0 Å². The van der Waals surface area contributed by atoms with Gasteiger partial charge in [0.15, 0.2) is 10.8 Å². The van der Waals surface area contributed by atoms with Gasteiger partial charge in [0.25, 0.3) is 10.0 Å². The molecule has 3 N–H and O–H groups in total. The highest BCUT2D eigenvalue weighted by molar-refractivity contribution is 7.89. The molecular weight excluding hydrogens is 298 g/mol. The number of anilines is 1. The van der Waals surface area contributed by atoms with E-state index in [0.717, 1.165) is 6.42 Å². The standard InChI is InChI=1S/C11H19N5O2S2/c1-4-8(3)16(5-2)20(17,18)10-9(14-12)13-11-15(10)6-7-19-11/h6-8,14H,4-5,12H2,1-3H3. The van der Waals surface area contributed by atoms with Crippen LogP contribution in [0.4, 0.5) is 5.82 Å². The summed E-state index contributed by atoms with van der Waals surface area (Å²) in [5, 5.41) is 1.89. The first-order chi connectivity index (χ1) is 9.47. The van der Waals surface area contributed by atoms with Crippen LogP contribution in [0.1, 0.15) is 27.2 Å². The van der Waals surface area contributed by atoms with Crippen LogP contribution in [0.5, 0.6) is 0 Å². The molecule has 0 saturated heterocycles. The summed E-state index contributed by atoms with van der Waals surface area (Å²) in [6.45, 7) is 6.08. The number of nitrogens with two attached hydrogens (primary N) is 1. The molecule has 9 heteroatoms. The summed E-state index contributed by atoms with van der Waals surface area (Å²) in [7, 11) is -3.66. The monoisotopic (exact) mass is 317 g/mol. The van der Waals surface area contributed by atoms with Crippen molar-refractivity contribution in [3.8, 4) is 0 Å². The van der Waals surface area contributed by atoms with Crippen LogP contribution in [0.15, 0.2) is 16.6 Å². The molecule has 1 unspecified atom stereocenters. The Morgan fingerprint density at radius 2 is 2.25 bits per heavy atom. The van der Waals surface area contributed by atoms with Crippen molar-refractivity contribution in [1.29, 1.82) is 0 Å². The second-order valence-electron chi connectivity index (χ2n) is 4.43. The second kappa shape index (κ2) is 5.68. The van der Waals surface area contributed by atoms with E-state index < -0.39 is 10.0 Å². The van der Waals surface area contributed by atoms with E-state index in [9.17, 15) is 8.42 Å². The lowest BCUT2D eigenvalue weighted by molar-refractivity contribution is 0.341. The molecule has 1 atom stereocenters. The third-order valence-corrected chi connectivity index (χ3v) is 6.17. The molecule has 2 aromatic heterocycles. The lowest BCUT2D eigenvalue weighted by Gasteiger charge is -2.26. The Hall–Kier alpha value is -1.16. The average molecular weight is 317 g/mol. The zero-order valence-electron chi connectivity index (χ0n) is 11.7. The first-order valence-electron chi connectivity index (χ1n) is 6.41. The Morgan fingerprint density at radius 3 is 2.80 bits per heavy atom. The van der Waals surface area contributed by atoms with Crippen LogP contribution < -0.4 is 11.3 Å². The first-order valence-corrected chi connectivity index (χ1v) is 8.73. The molecule has 20 heavy (non-hydrogen) atoms. The molecular formula is C11H19N5O2S2.